The molecule has 0 spiro atoms. The summed E-state index contributed by atoms with van der Waals surface area (Å²) in [5.74, 6) is 0.981. The molecule has 0 atom stereocenters. The Kier molecular flexibility index (Phi) is 6.00. The molecule has 3 rings (SSSR count). The summed E-state index contributed by atoms with van der Waals surface area (Å²) in [6.07, 6.45) is 0. The zero-order valence-electron chi connectivity index (χ0n) is 15.4. The monoisotopic (exact) mass is 358 g/mol. The topological polar surface area (TPSA) is 15.7 Å². The second-order valence-corrected chi connectivity index (χ2v) is 7.36. The molecule has 0 N–H and O–H groups in total. The molecule has 0 aromatic heterocycles. The van der Waals surface area contributed by atoms with E-state index in [0.717, 1.165) is 50.0 Å². The summed E-state index contributed by atoms with van der Waals surface area (Å²) >= 11 is 5.97. The molecular formula is C21H27ClN2O. The first-order valence-corrected chi connectivity index (χ1v) is 9.26. The van der Waals surface area contributed by atoms with Crippen LogP contribution in [-0.4, -0.2) is 43.1 Å². The molecule has 3 nitrogen and oxygen atoms in total. The van der Waals surface area contributed by atoms with Crippen LogP contribution < -0.4 is 4.74 Å². The number of piperazine rings is 1. The van der Waals surface area contributed by atoms with Gasteiger partial charge in [-0.2, -0.15) is 0 Å². The van der Waals surface area contributed by atoms with Crippen molar-refractivity contribution in [1.29, 1.82) is 0 Å². The van der Waals surface area contributed by atoms with Crippen LogP contribution in [0.5, 0.6) is 5.75 Å². The Balaban J connectivity index is 1.54. The van der Waals surface area contributed by atoms with Gasteiger partial charge < -0.3 is 4.74 Å². The van der Waals surface area contributed by atoms with E-state index < -0.39 is 0 Å². The van der Waals surface area contributed by atoms with Crippen LogP contribution in [-0.2, 0) is 13.1 Å². The molecule has 1 saturated heterocycles. The Labute approximate surface area is 156 Å². The lowest BCUT2D eigenvalue weighted by Crippen LogP contribution is -2.45. The summed E-state index contributed by atoms with van der Waals surface area (Å²) in [6, 6.07) is 12.6. The lowest BCUT2D eigenvalue weighted by Gasteiger charge is -2.35. The largest absolute Gasteiger partial charge is 0.496 e. The van der Waals surface area contributed by atoms with Gasteiger partial charge in [-0.05, 0) is 54.3 Å². The quantitative estimate of drug-likeness (QED) is 0.793. The molecule has 0 radical (unpaired) electrons. The van der Waals surface area contributed by atoms with Crippen LogP contribution >= 0.6 is 11.6 Å². The number of hydrogen-bond donors (Lipinski definition) is 0. The fourth-order valence-electron chi connectivity index (χ4n) is 3.43. The maximum absolute atomic E-state index is 5.97. The van der Waals surface area contributed by atoms with Crippen molar-refractivity contribution >= 4 is 11.6 Å². The number of halogens is 1. The Hall–Kier alpha value is -1.55. The molecule has 1 fully saturated rings. The highest BCUT2D eigenvalue weighted by Gasteiger charge is 2.18. The first kappa shape index (κ1) is 18.2. The SMILES string of the molecule is COc1cc(C)c(CN2CCN(Cc3ccc(Cl)cc3)CC2)cc1C. The molecule has 25 heavy (non-hydrogen) atoms. The molecule has 4 heteroatoms. The van der Waals surface area contributed by atoms with Crippen molar-refractivity contribution in [3.8, 4) is 5.75 Å². The van der Waals surface area contributed by atoms with E-state index in [9.17, 15) is 0 Å². The Morgan fingerprint density at radius 1 is 0.880 bits per heavy atom. The first-order chi connectivity index (χ1) is 12.0. The van der Waals surface area contributed by atoms with Crippen molar-refractivity contribution < 1.29 is 4.74 Å². The predicted molar refractivity (Wildman–Crippen MR) is 104 cm³/mol. The zero-order chi connectivity index (χ0) is 17.8. The molecule has 2 aromatic rings. The van der Waals surface area contributed by atoms with Crippen molar-refractivity contribution in [2.45, 2.75) is 26.9 Å². The number of rotatable bonds is 5. The van der Waals surface area contributed by atoms with Gasteiger partial charge in [0.25, 0.3) is 0 Å². The maximum Gasteiger partial charge on any atom is 0.122 e. The number of nitrogens with zero attached hydrogens (tertiary/aromatic N) is 2. The second-order valence-electron chi connectivity index (χ2n) is 6.93. The van der Waals surface area contributed by atoms with Crippen LogP contribution in [0.3, 0.4) is 0 Å². The van der Waals surface area contributed by atoms with Crippen LogP contribution in [0.25, 0.3) is 0 Å². The third kappa shape index (κ3) is 4.75. The minimum absolute atomic E-state index is 0.804. The molecule has 0 unspecified atom stereocenters. The minimum Gasteiger partial charge on any atom is -0.496 e. The summed E-state index contributed by atoms with van der Waals surface area (Å²) in [7, 11) is 1.74. The first-order valence-electron chi connectivity index (χ1n) is 8.88. The molecule has 0 amide bonds. The lowest BCUT2D eigenvalue weighted by molar-refractivity contribution is 0.122. The summed E-state index contributed by atoms with van der Waals surface area (Å²) < 4.78 is 5.42. The van der Waals surface area contributed by atoms with Crippen molar-refractivity contribution in [3.63, 3.8) is 0 Å². The molecule has 134 valence electrons. The van der Waals surface area contributed by atoms with E-state index in [-0.39, 0.29) is 0 Å². The molecule has 0 bridgehead atoms. The van der Waals surface area contributed by atoms with Gasteiger partial charge in [0.15, 0.2) is 0 Å². The maximum atomic E-state index is 5.97. The number of aryl methyl sites for hydroxylation is 2. The van der Waals surface area contributed by atoms with E-state index in [2.05, 4.69) is 47.9 Å². The standard InChI is InChI=1S/C21H27ClN2O/c1-16-13-21(25-3)17(2)12-19(16)15-24-10-8-23(9-11-24)14-18-4-6-20(22)7-5-18/h4-7,12-13H,8-11,14-15H2,1-3H3. The highest BCUT2D eigenvalue weighted by Crippen LogP contribution is 2.24. The fourth-order valence-corrected chi connectivity index (χ4v) is 3.56. The Morgan fingerprint density at radius 3 is 2.08 bits per heavy atom. The van der Waals surface area contributed by atoms with Gasteiger partial charge in [-0.25, -0.2) is 0 Å². The average molecular weight is 359 g/mol. The van der Waals surface area contributed by atoms with Gasteiger partial charge in [0.2, 0.25) is 0 Å². The highest BCUT2D eigenvalue weighted by molar-refractivity contribution is 6.30. The van der Waals surface area contributed by atoms with Gasteiger partial charge in [0.05, 0.1) is 7.11 Å². The van der Waals surface area contributed by atoms with Gasteiger partial charge in [-0.3, -0.25) is 9.80 Å². The zero-order valence-corrected chi connectivity index (χ0v) is 16.1. The van der Waals surface area contributed by atoms with Crippen molar-refractivity contribution in [2.24, 2.45) is 0 Å². The van der Waals surface area contributed by atoms with Crippen LogP contribution in [0.15, 0.2) is 36.4 Å². The van der Waals surface area contributed by atoms with E-state index in [0.29, 0.717) is 0 Å². The number of ether oxygens (including phenoxy) is 1. The average Bonchev–Trinajstić information content (AvgIpc) is 2.61. The van der Waals surface area contributed by atoms with Gasteiger partial charge in [-0.1, -0.05) is 29.8 Å². The number of methoxy groups -OCH3 is 1. The van der Waals surface area contributed by atoms with E-state index in [1.54, 1.807) is 7.11 Å². The molecule has 0 aliphatic carbocycles. The van der Waals surface area contributed by atoms with Crippen LogP contribution in [0, 0.1) is 13.8 Å². The Morgan fingerprint density at radius 2 is 1.48 bits per heavy atom. The summed E-state index contributed by atoms with van der Waals surface area (Å²) in [5, 5.41) is 0.804. The fraction of sp³-hybridized carbons (Fsp3) is 0.429. The van der Waals surface area contributed by atoms with Gasteiger partial charge in [0, 0.05) is 44.3 Å². The molecule has 2 aromatic carbocycles. The highest BCUT2D eigenvalue weighted by atomic mass is 35.5. The van der Waals surface area contributed by atoms with Crippen molar-refractivity contribution in [2.75, 3.05) is 33.3 Å². The summed E-state index contributed by atoms with van der Waals surface area (Å²) in [5.41, 5.74) is 5.26. The smallest absolute Gasteiger partial charge is 0.122 e. The third-order valence-corrected chi connectivity index (χ3v) is 5.28. The Bertz CT molecular complexity index is 707. The molecule has 0 saturated carbocycles. The molecule has 1 aliphatic heterocycles. The van der Waals surface area contributed by atoms with Crippen LogP contribution in [0.1, 0.15) is 22.3 Å². The van der Waals surface area contributed by atoms with Gasteiger partial charge >= 0.3 is 0 Å². The number of hydrogen-bond acceptors (Lipinski definition) is 3. The van der Waals surface area contributed by atoms with Crippen molar-refractivity contribution in [3.05, 3.63) is 63.7 Å². The lowest BCUT2D eigenvalue weighted by atomic mass is 10.0. The van der Waals surface area contributed by atoms with Crippen molar-refractivity contribution in [1.82, 2.24) is 9.80 Å². The normalized spacial score (nSPS) is 16.2. The van der Waals surface area contributed by atoms with E-state index >= 15 is 0 Å². The second kappa shape index (κ2) is 8.22. The third-order valence-electron chi connectivity index (χ3n) is 5.03. The van der Waals surface area contributed by atoms with E-state index in [4.69, 9.17) is 16.3 Å². The van der Waals surface area contributed by atoms with Crippen LogP contribution in [0.4, 0.5) is 0 Å². The predicted octanol–water partition coefficient (Wildman–Crippen LogP) is 4.28. The van der Waals surface area contributed by atoms with Crippen LogP contribution in [0.2, 0.25) is 5.02 Å². The summed E-state index contributed by atoms with van der Waals surface area (Å²) in [4.78, 5) is 5.07. The van der Waals surface area contributed by atoms with E-state index in [1.807, 2.05) is 12.1 Å². The van der Waals surface area contributed by atoms with Gasteiger partial charge in [0.1, 0.15) is 5.75 Å². The van der Waals surface area contributed by atoms with E-state index in [1.165, 1.54) is 22.3 Å². The molecule has 1 heterocycles. The summed E-state index contributed by atoms with van der Waals surface area (Å²) in [6.45, 7) is 10.8. The number of benzene rings is 2. The minimum atomic E-state index is 0.804. The molecular weight excluding hydrogens is 332 g/mol. The molecule has 1 aliphatic rings. The van der Waals surface area contributed by atoms with Gasteiger partial charge in [-0.15, -0.1) is 0 Å².